The van der Waals surface area contributed by atoms with E-state index in [1.807, 2.05) is 25.1 Å². The lowest BCUT2D eigenvalue weighted by Crippen LogP contribution is -2.56. The van der Waals surface area contributed by atoms with Crippen LogP contribution >= 0.6 is 12.4 Å². The second kappa shape index (κ2) is 7.52. The Morgan fingerprint density at radius 1 is 1.28 bits per heavy atom. The summed E-state index contributed by atoms with van der Waals surface area (Å²) in [6, 6.07) is 7.84. The molecule has 2 N–H and O–H groups in total. The van der Waals surface area contributed by atoms with E-state index in [0.717, 1.165) is 37.1 Å². The third kappa shape index (κ3) is 3.64. The van der Waals surface area contributed by atoms with Crippen LogP contribution in [-0.2, 0) is 9.53 Å². The molecule has 3 atom stereocenters. The van der Waals surface area contributed by atoms with E-state index in [4.69, 9.17) is 9.47 Å². The van der Waals surface area contributed by atoms with Crippen molar-refractivity contribution in [3.8, 4) is 5.75 Å². The van der Waals surface area contributed by atoms with Gasteiger partial charge in [-0.3, -0.25) is 4.79 Å². The summed E-state index contributed by atoms with van der Waals surface area (Å²) in [4.78, 5) is 12.8. The van der Waals surface area contributed by atoms with Gasteiger partial charge >= 0.3 is 0 Å². The normalized spacial score (nSPS) is 30.0. The first-order valence-corrected chi connectivity index (χ1v) is 9.10. The molecule has 2 fully saturated rings. The van der Waals surface area contributed by atoms with Gasteiger partial charge in [-0.2, -0.15) is 0 Å². The number of ether oxygens (including phenoxy) is 2. The van der Waals surface area contributed by atoms with Gasteiger partial charge in [0, 0.05) is 18.5 Å². The molecule has 2 heterocycles. The number of amides is 1. The van der Waals surface area contributed by atoms with E-state index >= 15 is 0 Å². The van der Waals surface area contributed by atoms with Crippen molar-refractivity contribution in [3.05, 3.63) is 29.8 Å². The summed E-state index contributed by atoms with van der Waals surface area (Å²) >= 11 is 0. The Bertz CT molecular complexity index is 618. The maximum absolute atomic E-state index is 12.8. The average Bonchev–Trinajstić information content (AvgIpc) is 3.02. The lowest BCUT2D eigenvalue weighted by molar-refractivity contribution is -0.130. The average molecular weight is 367 g/mol. The zero-order valence-corrected chi connectivity index (χ0v) is 15.4. The predicted octanol–water partition coefficient (Wildman–Crippen LogP) is 2.74. The third-order valence-corrected chi connectivity index (χ3v) is 5.63. The van der Waals surface area contributed by atoms with E-state index in [-0.39, 0.29) is 42.1 Å². The van der Waals surface area contributed by atoms with Crippen molar-refractivity contribution < 1.29 is 14.3 Å². The second-order valence-corrected chi connectivity index (χ2v) is 7.30. The van der Waals surface area contributed by atoms with Crippen LogP contribution in [0.3, 0.4) is 0 Å². The molecule has 138 valence electrons. The van der Waals surface area contributed by atoms with Gasteiger partial charge in [-0.05, 0) is 38.7 Å². The molecule has 1 aromatic rings. The number of hydrogen-bond donors (Lipinski definition) is 2. The molecule has 1 unspecified atom stereocenters. The fourth-order valence-corrected chi connectivity index (χ4v) is 4.36. The zero-order valence-electron chi connectivity index (χ0n) is 14.6. The molecule has 2 aliphatic heterocycles. The third-order valence-electron chi connectivity index (χ3n) is 5.63. The Labute approximate surface area is 155 Å². The molecule has 5 nitrogen and oxygen atoms in total. The number of nitrogens with one attached hydrogen (secondary N) is 2. The first kappa shape index (κ1) is 18.5. The molecule has 1 amide bonds. The fourth-order valence-electron chi connectivity index (χ4n) is 4.36. The van der Waals surface area contributed by atoms with Crippen molar-refractivity contribution in [2.75, 3.05) is 13.2 Å². The summed E-state index contributed by atoms with van der Waals surface area (Å²) in [6.07, 6.45) is 5.33. The van der Waals surface area contributed by atoms with E-state index in [0.29, 0.717) is 6.61 Å². The van der Waals surface area contributed by atoms with Gasteiger partial charge in [0.2, 0.25) is 5.91 Å². The van der Waals surface area contributed by atoms with Crippen molar-refractivity contribution in [3.63, 3.8) is 0 Å². The van der Waals surface area contributed by atoms with Crippen LogP contribution < -0.4 is 15.4 Å². The highest BCUT2D eigenvalue weighted by molar-refractivity contribution is 5.85. The molecule has 0 radical (unpaired) electrons. The Hall–Kier alpha value is -1.30. The Kier molecular flexibility index (Phi) is 5.56. The number of morpholine rings is 1. The predicted molar refractivity (Wildman–Crippen MR) is 98.2 cm³/mol. The number of para-hydroxylation sites is 1. The van der Waals surface area contributed by atoms with E-state index in [1.165, 1.54) is 12.8 Å². The summed E-state index contributed by atoms with van der Waals surface area (Å²) in [7, 11) is 0. The molecule has 0 bridgehead atoms. The molecular weight excluding hydrogens is 340 g/mol. The van der Waals surface area contributed by atoms with Crippen LogP contribution in [0.15, 0.2) is 24.3 Å². The number of rotatable bonds is 2. The van der Waals surface area contributed by atoms with Crippen molar-refractivity contribution in [1.82, 2.24) is 10.6 Å². The molecule has 1 saturated carbocycles. The Morgan fingerprint density at radius 3 is 2.80 bits per heavy atom. The molecule has 0 aromatic heterocycles. The molecular formula is C19H27ClN2O3. The highest BCUT2D eigenvalue weighted by atomic mass is 35.5. The molecule has 1 aliphatic carbocycles. The van der Waals surface area contributed by atoms with E-state index in [1.54, 1.807) is 0 Å². The first-order valence-electron chi connectivity index (χ1n) is 9.10. The van der Waals surface area contributed by atoms with Crippen LogP contribution in [0.4, 0.5) is 0 Å². The SMILES string of the molecule is C[C@H]1OCCN[C@@H]1C(=O)NC1CC2(CCCC2)Oc2ccccc21.Cl. The van der Waals surface area contributed by atoms with Crippen LogP contribution in [0.25, 0.3) is 0 Å². The number of benzene rings is 1. The first-order chi connectivity index (χ1) is 11.7. The molecule has 1 aromatic carbocycles. The van der Waals surface area contributed by atoms with Gasteiger partial charge in [-0.15, -0.1) is 12.4 Å². The van der Waals surface area contributed by atoms with Crippen LogP contribution in [0.1, 0.15) is 50.6 Å². The van der Waals surface area contributed by atoms with Crippen LogP contribution in [0.5, 0.6) is 5.75 Å². The minimum absolute atomic E-state index is 0. The smallest absolute Gasteiger partial charge is 0.240 e. The second-order valence-electron chi connectivity index (χ2n) is 7.30. The highest BCUT2D eigenvalue weighted by Gasteiger charge is 2.44. The number of hydrogen-bond acceptors (Lipinski definition) is 4. The summed E-state index contributed by atoms with van der Waals surface area (Å²) in [5.74, 6) is 0.953. The van der Waals surface area contributed by atoms with Gasteiger partial charge in [-0.25, -0.2) is 0 Å². The summed E-state index contributed by atoms with van der Waals surface area (Å²) in [5.41, 5.74) is 0.988. The highest BCUT2D eigenvalue weighted by Crippen LogP contribution is 2.47. The van der Waals surface area contributed by atoms with E-state index in [2.05, 4.69) is 16.7 Å². The summed E-state index contributed by atoms with van der Waals surface area (Å²) < 4.78 is 12.0. The maximum Gasteiger partial charge on any atom is 0.240 e. The van der Waals surface area contributed by atoms with Crippen molar-refractivity contribution in [1.29, 1.82) is 0 Å². The van der Waals surface area contributed by atoms with Gasteiger partial charge in [-0.1, -0.05) is 18.2 Å². The van der Waals surface area contributed by atoms with Gasteiger partial charge < -0.3 is 20.1 Å². The maximum atomic E-state index is 12.8. The van der Waals surface area contributed by atoms with Gasteiger partial charge in [0.15, 0.2) is 0 Å². The van der Waals surface area contributed by atoms with Gasteiger partial charge in [0.25, 0.3) is 0 Å². The monoisotopic (exact) mass is 366 g/mol. The van der Waals surface area contributed by atoms with E-state index < -0.39 is 0 Å². The molecule has 3 aliphatic rings. The molecule has 1 spiro atoms. The van der Waals surface area contributed by atoms with Crippen molar-refractivity contribution in [2.24, 2.45) is 0 Å². The fraction of sp³-hybridized carbons (Fsp3) is 0.632. The topological polar surface area (TPSA) is 59.6 Å². The lowest BCUT2D eigenvalue weighted by atomic mass is 9.85. The minimum Gasteiger partial charge on any atom is -0.487 e. The molecule has 4 rings (SSSR count). The van der Waals surface area contributed by atoms with Gasteiger partial charge in [0.05, 0.1) is 18.8 Å². The molecule has 25 heavy (non-hydrogen) atoms. The number of halogens is 1. The number of carbonyl (C=O) groups is 1. The molecule has 1 saturated heterocycles. The standard InChI is InChI=1S/C19H26N2O3.ClH/c1-13-17(20-10-11-23-13)18(22)21-15-12-19(8-4-5-9-19)24-16-7-3-2-6-14(15)16;/h2-3,6-7,13,15,17,20H,4-5,8-12H2,1H3,(H,21,22);1H/t13-,15?,17+;/m1./s1. The summed E-state index contributed by atoms with van der Waals surface area (Å²) in [5, 5.41) is 6.54. The minimum atomic E-state index is -0.284. The van der Waals surface area contributed by atoms with E-state index in [9.17, 15) is 4.79 Å². The summed E-state index contributed by atoms with van der Waals surface area (Å²) in [6.45, 7) is 3.33. The quantitative estimate of drug-likeness (QED) is 0.845. The van der Waals surface area contributed by atoms with Crippen LogP contribution in [0.2, 0.25) is 0 Å². The molecule has 6 heteroatoms. The Morgan fingerprint density at radius 2 is 2.04 bits per heavy atom. The van der Waals surface area contributed by atoms with Crippen LogP contribution in [0, 0.1) is 0 Å². The lowest BCUT2D eigenvalue weighted by Gasteiger charge is -2.41. The van der Waals surface area contributed by atoms with Gasteiger partial charge in [0.1, 0.15) is 17.4 Å². The van der Waals surface area contributed by atoms with Crippen molar-refractivity contribution >= 4 is 18.3 Å². The van der Waals surface area contributed by atoms with Crippen molar-refractivity contribution in [2.45, 2.75) is 62.8 Å². The largest absolute Gasteiger partial charge is 0.487 e. The zero-order chi connectivity index (χ0) is 16.6. The number of fused-ring (bicyclic) bond motifs is 1. The Balaban J connectivity index is 0.00000182. The van der Waals surface area contributed by atoms with Crippen LogP contribution in [-0.4, -0.2) is 36.8 Å². The number of carbonyl (C=O) groups excluding carboxylic acids is 1.